The lowest BCUT2D eigenvalue weighted by atomic mass is 9.89. The van der Waals surface area contributed by atoms with Gasteiger partial charge in [-0.05, 0) is 25.3 Å². The maximum absolute atomic E-state index is 12.3. The number of carbonyl (C=O) groups excluding carboxylic acids is 1. The Balaban J connectivity index is 1.60. The first kappa shape index (κ1) is 13.1. The Kier molecular flexibility index (Phi) is 3.65. The van der Waals surface area contributed by atoms with Crippen LogP contribution in [0.2, 0.25) is 0 Å². The molecule has 104 valence electrons. The molecule has 1 heterocycles. The van der Waals surface area contributed by atoms with E-state index >= 15 is 0 Å². The van der Waals surface area contributed by atoms with E-state index in [4.69, 9.17) is 4.74 Å². The zero-order valence-electron chi connectivity index (χ0n) is 11.6. The van der Waals surface area contributed by atoms with Gasteiger partial charge in [0.25, 0.3) is 0 Å². The van der Waals surface area contributed by atoms with Gasteiger partial charge in [-0.25, -0.2) is 4.98 Å². The molecule has 1 aliphatic rings. The first-order valence-corrected chi connectivity index (χ1v) is 6.97. The average Bonchev–Trinajstić information content (AvgIpc) is 2.87. The minimum absolute atomic E-state index is 0.120. The molecule has 3 rings (SSSR count). The molecule has 1 atom stereocenters. The fourth-order valence-corrected chi connectivity index (χ4v) is 2.66. The van der Waals surface area contributed by atoms with Crippen molar-refractivity contribution in [1.29, 1.82) is 0 Å². The van der Waals surface area contributed by atoms with Gasteiger partial charge < -0.3 is 9.30 Å². The van der Waals surface area contributed by atoms with E-state index in [2.05, 4.69) is 4.98 Å². The molecule has 4 nitrogen and oxygen atoms in total. The topological polar surface area (TPSA) is 44.1 Å². The van der Waals surface area contributed by atoms with Crippen LogP contribution in [0.1, 0.15) is 28.2 Å². The van der Waals surface area contributed by atoms with Crippen molar-refractivity contribution < 1.29 is 9.53 Å². The Morgan fingerprint density at radius 2 is 2.25 bits per heavy atom. The maximum atomic E-state index is 12.3. The van der Waals surface area contributed by atoms with E-state index in [9.17, 15) is 4.79 Å². The van der Waals surface area contributed by atoms with E-state index in [1.165, 1.54) is 0 Å². The summed E-state index contributed by atoms with van der Waals surface area (Å²) in [4.78, 5) is 16.5. The zero-order valence-corrected chi connectivity index (χ0v) is 11.6. The minimum Gasteiger partial charge on any atom is -0.368 e. The van der Waals surface area contributed by atoms with Crippen molar-refractivity contribution in [3.8, 4) is 0 Å². The summed E-state index contributed by atoms with van der Waals surface area (Å²) in [6.07, 6.45) is 5.09. The highest BCUT2D eigenvalue weighted by Gasteiger charge is 2.27. The van der Waals surface area contributed by atoms with Crippen LogP contribution >= 0.6 is 0 Å². The second-order valence-corrected chi connectivity index (χ2v) is 5.09. The predicted octanol–water partition coefficient (Wildman–Crippen LogP) is 2.41. The summed E-state index contributed by atoms with van der Waals surface area (Å²) in [5.41, 5.74) is 1.96. The molecule has 4 heteroatoms. The molecule has 0 amide bonds. The molecule has 0 fully saturated rings. The molecule has 0 radical (unpaired) electrons. The highest BCUT2D eigenvalue weighted by atomic mass is 16.5. The van der Waals surface area contributed by atoms with Crippen LogP contribution in [0.4, 0.5) is 0 Å². The molecule has 0 saturated carbocycles. The summed E-state index contributed by atoms with van der Waals surface area (Å²) in [7, 11) is 0. The van der Waals surface area contributed by atoms with E-state index in [-0.39, 0.29) is 11.9 Å². The molecular weight excluding hydrogens is 252 g/mol. The largest absolute Gasteiger partial charge is 0.368 e. The van der Waals surface area contributed by atoms with E-state index in [1.54, 1.807) is 6.20 Å². The zero-order chi connectivity index (χ0) is 13.9. The number of imidazole rings is 1. The van der Waals surface area contributed by atoms with Gasteiger partial charge in [0.05, 0.1) is 6.61 Å². The molecule has 0 bridgehead atoms. The number of Topliss-reactive ketones (excluding diaryl/α,β-unsaturated/α-hetero) is 1. The van der Waals surface area contributed by atoms with Crippen LogP contribution in [0.15, 0.2) is 36.7 Å². The number of benzene rings is 1. The number of hydrogen-bond acceptors (Lipinski definition) is 3. The van der Waals surface area contributed by atoms with Crippen molar-refractivity contribution in [2.45, 2.75) is 32.4 Å². The van der Waals surface area contributed by atoms with E-state index in [1.807, 2.05) is 42.0 Å². The Morgan fingerprint density at radius 1 is 1.40 bits per heavy atom. The van der Waals surface area contributed by atoms with E-state index in [0.717, 1.165) is 36.3 Å². The second-order valence-electron chi connectivity index (χ2n) is 5.09. The lowest BCUT2D eigenvalue weighted by molar-refractivity contribution is 0.0328. The van der Waals surface area contributed by atoms with Crippen LogP contribution in [-0.4, -0.2) is 28.0 Å². The van der Waals surface area contributed by atoms with Crippen LogP contribution in [0.25, 0.3) is 0 Å². The van der Waals surface area contributed by atoms with Gasteiger partial charge in [-0.15, -0.1) is 0 Å². The van der Waals surface area contributed by atoms with Crippen LogP contribution < -0.4 is 0 Å². The maximum Gasteiger partial charge on any atom is 0.191 e. The third kappa shape index (κ3) is 2.51. The number of carbonyl (C=O) groups is 1. The van der Waals surface area contributed by atoms with Gasteiger partial charge in [-0.2, -0.15) is 0 Å². The number of ether oxygens (including phenoxy) is 1. The first-order valence-electron chi connectivity index (χ1n) is 6.97. The Hall–Kier alpha value is -1.94. The van der Waals surface area contributed by atoms with Crippen molar-refractivity contribution >= 4 is 5.78 Å². The number of aryl methyl sites for hydroxylation is 2. The fraction of sp³-hybridized carbons (Fsp3) is 0.375. The lowest BCUT2D eigenvalue weighted by Crippen LogP contribution is -2.31. The van der Waals surface area contributed by atoms with Gasteiger partial charge in [-0.3, -0.25) is 4.79 Å². The van der Waals surface area contributed by atoms with Gasteiger partial charge in [0.2, 0.25) is 0 Å². The molecule has 0 saturated heterocycles. The standard InChI is InChI=1S/C16H18N2O2/c1-12-17-8-9-18(12)10-11-20-15-7-6-13-4-2-3-5-14(13)16(15)19/h2-5,8-9,15H,6-7,10-11H2,1H3. The molecule has 20 heavy (non-hydrogen) atoms. The number of nitrogens with zero attached hydrogens (tertiary/aromatic N) is 2. The van der Waals surface area contributed by atoms with Crippen molar-refractivity contribution in [1.82, 2.24) is 9.55 Å². The normalized spacial score (nSPS) is 18.1. The summed E-state index contributed by atoms with van der Waals surface area (Å²) in [6, 6.07) is 7.81. The van der Waals surface area contributed by atoms with Crippen LogP contribution in [0.3, 0.4) is 0 Å². The molecule has 1 aromatic heterocycles. The Morgan fingerprint density at radius 3 is 3.05 bits per heavy atom. The molecule has 0 N–H and O–H groups in total. The van der Waals surface area contributed by atoms with Crippen molar-refractivity contribution in [3.05, 3.63) is 53.6 Å². The van der Waals surface area contributed by atoms with Crippen molar-refractivity contribution in [3.63, 3.8) is 0 Å². The Labute approximate surface area is 118 Å². The van der Waals surface area contributed by atoms with Crippen molar-refractivity contribution in [2.24, 2.45) is 0 Å². The summed E-state index contributed by atoms with van der Waals surface area (Å²) in [5, 5.41) is 0. The van der Waals surface area contributed by atoms with E-state index in [0.29, 0.717) is 6.61 Å². The molecule has 1 unspecified atom stereocenters. The van der Waals surface area contributed by atoms with E-state index < -0.39 is 0 Å². The number of fused-ring (bicyclic) bond motifs is 1. The SMILES string of the molecule is Cc1nccn1CCOC1CCc2ccccc2C1=O. The molecule has 1 aliphatic carbocycles. The monoisotopic (exact) mass is 270 g/mol. The highest BCUT2D eigenvalue weighted by Crippen LogP contribution is 2.23. The molecule has 0 spiro atoms. The highest BCUT2D eigenvalue weighted by molar-refractivity contribution is 6.01. The second kappa shape index (κ2) is 5.59. The number of rotatable bonds is 4. The fourth-order valence-electron chi connectivity index (χ4n) is 2.66. The Bertz CT molecular complexity index is 618. The van der Waals surface area contributed by atoms with Crippen LogP contribution in [-0.2, 0) is 17.7 Å². The predicted molar refractivity (Wildman–Crippen MR) is 75.8 cm³/mol. The third-order valence-electron chi connectivity index (χ3n) is 3.83. The first-order chi connectivity index (χ1) is 9.75. The van der Waals surface area contributed by atoms with Crippen LogP contribution in [0, 0.1) is 6.92 Å². The van der Waals surface area contributed by atoms with Gasteiger partial charge >= 0.3 is 0 Å². The minimum atomic E-state index is -0.297. The lowest BCUT2D eigenvalue weighted by Gasteiger charge is -2.23. The van der Waals surface area contributed by atoms with Gasteiger partial charge in [0.1, 0.15) is 11.9 Å². The summed E-state index contributed by atoms with van der Waals surface area (Å²) >= 11 is 0. The number of ketones is 1. The summed E-state index contributed by atoms with van der Waals surface area (Å²) in [5.74, 6) is 1.09. The molecule has 2 aromatic rings. The molecule has 1 aromatic carbocycles. The van der Waals surface area contributed by atoms with Crippen LogP contribution in [0.5, 0.6) is 0 Å². The van der Waals surface area contributed by atoms with Gasteiger partial charge in [0, 0.05) is 24.5 Å². The number of hydrogen-bond donors (Lipinski definition) is 0. The van der Waals surface area contributed by atoms with Gasteiger partial charge in [-0.1, -0.05) is 24.3 Å². The summed E-state index contributed by atoms with van der Waals surface area (Å²) in [6.45, 7) is 3.23. The average molecular weight is 270 g/mol. The molecular formula is C16H18N2O2. The smallest absolute Gasteiger partial charge is 0.191 e. The van der Waals surface area contributed by atoms with Crippen molar-refractivity contribution in [2.75, 3.05) is 6.61 Å². The third-order valence-corrected chi connectivity index (χ3v) is 3.83. The summed E-state index contributed by atoms with van der Waals surface area (Å²) < 4.78 is 7.81. The quantitative estimate of drug-likeness (QED) is 0.857. The number of aromatic nitrogens is 2. The van der Waals surface area contributed by atoms with Gasteiger partial charge in [0.15, 0.2) is 5.78 Å². The molecule has 0 aliphatic heterocycles.